The van der Waals surface area contributed by atoms with Gasteiger partial charge in [-0.25, -0.2) is 9.13 Å². The molecule has 0 saturated heterocycles. The standard InChI is InChI=1S/C71H138O17P2/c1-61(2)47-39-31-23-15-11-9-10-12-18-29-37-45-53-70(75)87-66(57-81-68(73)51-43-35-27-17-14-13-16-24-32-40-48-62(3)4)59-85-89(77,78)83-55-65(72)56-84-90(79,80)86-60-67(88-71(76)54-46-38-30-22-20-26-34-42-50-64(7)8)58-82-69(74)52-44-36-28-21-19-25-33-41-49-63(5)6/h61-67,72H,9-60H2,1-8H3,(H,77,78)(H,79,80)/t65?,66-,67-/m1/s1. The van der Waals surface area contributed by atoms with Gasteiger partial charge in [0.15, 0.2) is 12.2 Å². The Morgan fingerprint density at radius 1 is 0.278 bits per heavy atom. The van der Waals surface area contributed by atoms with Crippen LogP contribution in [0.1, 0.15) is 351 Å². The zero-order valence-electron chi connectivity index (χ0n) is 58.8. The lowest BCUT2D eigenvalue weighted by Crippen LogP contribution is -2.30. The molecule has 0 bridgehead atoms. The highest BCUT2D eigenvalue weighted by atomic mass is 31.2. The molecule has 0 aromatic heterocycles. The first kappa shape index (κ1) is 88.1. The second-order valence-corrected chi connectivity index (χ2v) is 30.4. The molecule has 19 heteroatoms. The van der Waals surface area contributed by atoms with E-state index in [2.05, 4.69) is 55.4 Å². The monoisotopic (exact) mass is 1320 g/mol. The van der Waals surface area contributed by atoms with Gasteiger partial charge in [0.1, 0.15) is 19.3 Å². The van der Waals surface area contributed by atoms with Gasteiger partial charge < -0.3 is 33.8 Å². The van der Waals surface area contributed by atoms with Gasteiger partial charge in [-0.15, -0.1) is 0 Å². The number of hydrogen-bond acceptors (Lipinski definition) is 15. The van der Waals surface area contributed by atoms with Gasteiger partial charge in [0.05, 0.1) is 26.4 Å². The summed E-state index contributed by atoms with van der Waals surface area (Å²) in [7, 11) is -9.90. The lowest BCUT2D eigenvalue weighted by atomic mass is 10.0. The highest BCUT2D eigenvalue weighted by Gasteiger charge is 2.30. The Hall–Kier alpha value is -1.94. The zero-order valence-corrected chi connectivity index (χ0v) is 60.6. The third-order valence-corrected chi connectivity index (χ3v) is 18.2. The van der Waals surface area contributed by atoms with Crippen LogP contribution in [0.2, 0.25) is 0 Å². The maximum atomic E-state index is 13.0. The molecule has 0 aromatic rings. The summed E-state index contributed by atoms with van der Waals surface area (Å²) in [5.74, 6) is 0.851. The van der Waals surface area contributed by atoms with Gasteiger partial charge in [-0.3, -0.25) is 37.3 Å². The van der Waals surface area contributed by atoms with Gasteiger partial charge in [-0.1, -0.05) is 299 Å². The van der Waals surface area contributed by atoms with E-state index >= 15 is 0 Å². The second kappa shape index (κ2) is 60.7. The molecule has 0 rings (SSSR count). The number of unbranched alkanes of at least 4 members (excludes halogenated alkanes) is 34. The average molecular weight is 1330 g/mol. The highest BCUT2D eigenvalue weighted by molar-refractivity contribution is 7.47. The average Bonchev–Trinajstić information content (AvgIpc) is 3.67. The summed E-state index contributed by atoms with van der Waals surface area (Å²) in [4.78, 5) is 72.6. The first-order valence-electron chi connectivity index (χ1n) is 36.7. The van der Waals surface area contributed by atoms with Crippen molar-refractivity contribution in [2.75, 3.05) is 39.6 Å². The molecule has 0 heterocycles. The number of hydrogen-bond donors (Lipinski definition) is 3. The van der Waals surface area contributed by atoms with Crippen LogP contribution in [0, 0.1) is 23.7 Å². The summed E-state index contributed by atoms with van der Waals surface area (Å²) in [5, 5.41) is 10.6. The second-order valence-electron chi connectivity index (χ2n) is 27.5. The molecule has 0 saturated carbocycles. The molecule has 3 unspecified atom stereocenters. The zero-order chi connectivity index (χ0) is 66.8. The molecule has 3 N–H and O–H groups in total. The molecule has 0 spiro atoms. The van der Waals surface area contributed by atoms with Crippen molar-refractivity contribution >= 4 is 39.5 Å². The molecule has 0 aliphatic rings. The molecule has 0 radical (unpaired) electrons. The predicted molar refractivity (Wildman–Crippen MR) is 363 cm³/mol. The van der Waals surface area contributed by atoms with E-state index in [9.17, 15) is 43.2 Å². The number of phosphoric acid groups is 2. The molecule has 0 aliphatic heterocycles. The van der Waals surface area contributed by atoms with Crippen LogP contribution >= 0.6 is 15.6 Å². The van der Waals surface area contributed by atoms with Gasteiger partial charge in [0.25, 0.3) is 0 Å². The fraction of sp³-hybridized carbons (Fsp3) is 0.944. The molecule has 5 atom stereocenters. The first-order chi connectivity index (χ1) is 43.1. The topological polar surface area (TPSA) is 237 Å². The van der Waals surface area contributed by atoms with Crippen LogP contribution in [0.5, 0.6) is 0 Å². The Labute approximate surface area is 549 Å². The quantitative estimate of drug-likeness (QED) is 0.0222. The van der Waals surface area contributed by atoms with Crippen molar-refractivity contribution in [2.24, 2.45) is 23.7 Å². The van der Waals surface area contributed by atoms with Crippen molar-refractivity contribution in [1.29, 1.82) is 0 Å². The summed E-state index contributed by atoms with van der Waals surface area (Å²) < 4.78 is 68.3. The predicted octanol–water partition coefficient (Wildman–Crippen LogP) is 20.1. The summed E-state index contributed by atoms with van der Waals surface area (Å²) in [6, 6.07) is 0. The first-order valence-corrected chi connectivity index (χ1v) is 39.7. The number of ether oxygens (including phenoxy) is 4. The third kappa shape index (κ3) is 64.8. The lowest BCUT2D eigenvalue weighted by Gasteiger charge is -2.21. The number of esters is 4. The van der Waals surface area contributed by atoms with E-state index in [-0.39, 0.29) is 25.7 Å². The van der Waals surface area contributed by atoms with Crippen LogP contribution in [-0.4, -0.2) is 96.7 Å². The molecule has 534 valence electrons. The smallest absolute Gasteiger partial charge is 0.462 e. The number of phosphoric ester groups is 2. The fourth-order valence-electron chi connectivity index (χ4n) is 10.7. The van der Waals surface area contributed by atoms with Crippen molar-refractivity contribution in [1.82, 2.24) is 0 Å². The minimum Gasteiger partial charge on any atom is -0.462 e. The number of aliphatic hydroxyl groups excluding tert-OH is 1. The van der Waals surface area contributed by atoms with Crippen LogP contribution < -0.4 is 0 Å². The molecule has 0 aliphatic carbocycles. The van der Waals surface area contributed by atoms with E-state index in [1.165, 1.54) is 154 Å². The van der Waals surface area contributed by atoms with Crippen molar-refractivity contribution in [3.05, 3.63) is 0 Å². The van der Waals surface area contributed by atoms with Crippen LogP contribution in [0.25, 0.3) is 0 Å². The van der Waals surface area contributed by atoms with E-state index in [0.717, 1.165) is 114 Å². The van der Waals surface area contributed by atoms with E-state index in [4.69, 9.17) is 37.0 Å². The number of carbonyl (C=O) groups is 4. The molecule has 17 nitrogen and oxygen atoms in total. The Kier molecular flexibility index (Phi) is 59.4. The fourth-order valence-corrected chi connectivity index (χ4v) is 12.2. The van der Waals surface area contributed by atoms with Gasteiger partial charge in [-0.2, -0.15) is 0 Å². The van der Waals surface area contributed by atoms with Crippen LogP contribution in [-0.2, 0) is 65.4 Å². The number of carbonyl (C=O) groups excluding carboxylic acids is 4. The lowest BCUT2D eigenvalue weighted by molar-refractivity contribution is -0.161. The largest absolute Gasteiger partial charge is 0.472 e. The van der Waals surface area contributed by atoms with Crippen molar-refractivity contribution in [3.8, 4) is 0 Å². The van der Waals surface area contributed by atoms with E-state index < -0.39 is 97.5 Å². The Morgan fingerprint density at radius 2 is 0.467 bits per heavy atom. The SMILES string of the molecule is CC(C)CCCCCCCCCCCCCCC(=O)O[C@H](COC(=O)CCCCCCCCCCCCC(C)C)COP(=O)(O)OCC(O)COP(=O)(O)OC[C@@H](COC(=O)CCCCCCCCCCC(C)C)OC(=O)CCCCCCCCCCC(C)C. The van der Waals surface area contributed by atoms with Crippen molar-refractivity contribution in [3.63, 3.8) is 0 Å². The van der Waals surface area contributed by atoms with Crippen LogP contribution in [0.15, 0.2) is 0 Å². The molecule has 90 heavy (non-hydrogen) atoms. The molecule has 0 aromatic carbocycles. The number of rotatable bonds is 68. The van der Waals surface area contributed by atoms with Crippen LogP contribution in [0.4, 0.5) is 0 Å². The van der Waals surface area contributed by atoms with E-state index in [1.54, 1.807) is 0 Å². The number of aliphatic hydroxyl groups is 1. The minimum absolute atomic E-state index is 0.103. The maximum absolute atomic E-state index is 13.0. The molecular weight excluding hydrogens is 1190 g/mol. The highest BCUT2D eigenvalue weighted by Crippen LogP contribution is 2.45. The van der Waals surface area contributed by atoms with Gasteiger partial charge in [0.2, 0.25) is 0 Å². The van der Waals surface area contributed by atoms with Crippen LogP contribution in [0.3, 0.4) is 0 Å². The van der Waals surface area contributed by atoms with Gasteiger partial charge in [0, 0.05) is 25.7 Å². The van der Waals surface area contributed by atoms with Gasteiger partial charge >= 0.3 is 39.5 Å². The Bertz CT molecular complexity index is 1780. The maximum Gasteiger partial charge on any atom is 0.472 e. The third-order valence-electron chi connectivity index (χ3n) is 16.3. The molecular formula is C71H138O17P2. The van der Waals surface area contributed by atoms with Crippen molar-refractivity contribution in [2.45, 2.75) is 369 Å². The normalized spacial score (nSPS) is 14.3. The Morgan fingerprint density at radius 3 is 0.689 bits per heavy atom. The van der Waals surface area contributed by atoms with E-state index in [0.29, 0.717) is 25.7 Å². The van der Waals surface area contributed by atoms with Gasteiger partial charge in [-0.05, 0) is 49.4 Å². The molecule has 0 fully saturated rings. The minimum atomic E-state index is -4.95. The van der Waals surface area contributed by atoms with E-state index in [1.807, 2.05) is 0 Å². The van der Waals surface area contributed by atoms with Crippen molar-refractivity contribution < 1.29 is 80.2 Å². The summed E-state index contributed by atoms with van der Waals surface area (Å²) >= 11 is 0. The summed E-state index contributed by atoms with van der Waals surface area (Å²) in [5.41, 5.74) is 0. The molecule has 0 amide bonds. The summed E-state index contributed by atoms with van der Waals surface area (Å²) in [6.07, 6.45) is 43.1. The Balaban J connectivity index is 5.26. The summed E-state index contributed by atoms with van der Waals surface area (Å²) in [6.45, 7) is 14.1.